The van der Waals surface area contributed by atoms with E-state index in [0.717, 1.165) is 6.42 Å². The molecule has 0 radical (unpaired) electrons. The lowest BCUT2D eigenvalue weighted by Crippen LogP contribution is -2.23. The van der Waals surface area contributed by atoms with Gasteiger partial charge < -0.3 is 10.4 Å². The minimum Gasteiger partial charge on any atom is -0.394 e. The number of pyridine rings is 1. The Balaban J connectivity index is 2.84. The van der Waals surface area contributed by atoms with Crippen LogP contribution in [0.3, 0.4) is 0 Å². The number of aromatic nitrogens is 1. The molecule has 6 nitrogen and oxygen atoms in total. The van der Waals surface area contributed by atoms with Crippen molar-refractivity contribution in [1.82, 2.24) is 4.98 Å². The highest BCUT2D eigenvalue weighted by atomic mass is 16.6. The summed E-state index contributed by atoms with van der Waals surface area (Å²) in [6.45, 7) is 3.53. The maximum atomic E-state index is 10.6. The lowest BCUT2D eigenvalue weighted by molar-refractivity contribution is -0.385. The number of nitrogens with one attached hydrogen (secondary N) is 1. The molecule has 88 valence electrons. The van der Waals surface area contributed by atoms with Crippen LogP contribution in [0.25, 0.3) is 0 Å². The predicted octanol–water partition coefficient (Wildman–Crippen LogP) is 1.48. The van der Waals surface area contributed by atoms with Gasteiger partial charge in [0.05, 0.1) is 17.6 Å². The molecule has 1 atom stereocenters. The fraction of sp³-hybridized carbons (Fsp3) is 0.500. The second-order valence-corrected chi connectivity index (χ2v) is 3.49. The molecule has 0 fully saturated rings. The van der Waals surface area contributed by atoms with Crippen molar-refractivity contribution in [3.8, 4) is 0 Å². The highest BCUT2D eigenvalue weighted by molar-refractivity contribution is 5.45. The zero-order chi connectivity index (χ0) is 12.1. The van der Waals surface area contributed by atoms with E-state index < -0.39 is 4.92 Å². The molecule has 6 heteroatoms. The first kappa shape index (κ1) is 12.4. The largest absolute Gasteiger partial charge is 0.394 e. The molecule has 1 aromatic heterocycles. The zero-order valence-electron chi connectivity index (χ0n) is 9.30. The second kappa shape index (κ2) is 5.41. The van der Waals surface area contributed by atoms with Gasteiger partial charge in [0, 0.05) is 6.07 Å². The van der Waals surface area contributed by atoms with Gasteiger partial charge in [0.1, 0.15) is 11.5 Å². The van der Waals surface area contributed by atoms with Crippen molar-refractivity contribution < 1.29 is 10.0 Å². The molecule has 1 heterocycles. The number of nitrogens with zero attached hydrogens (tertiary/aromatic N) is 2. The van der Waals surface area contributed by atoms with Gasteiger partial charge in [-0.25, -0.2) is 4.98 Å². The van der Waals surface area contributed by atoms with Crippen LogP contribution in [-0.2, 0) is 0 Å². The summed E-state index contributed by atoms with van der Waals surface area (Å²) in [5, 5.41) is 22.6. The molecular formula is C10H15N3O3. The molecule has 1 aromatic rings. The first-order valence-corrected chi connectivity index (χ1v) is 5.08. The van der Waals surface area contributed by atoms with E-state index in [9.17, 15) is 10.1 Å². The van der Waals surface area contributed by atoms with E-state index in [1.807, 2.05) is 6.92 Å². The quantitative estimate of drug-likeness (QED) is 0.585. The number of rotatable bonds is 5. The zero-order valence-corrected chi connectivity index (χ0v) is 9.30. The Labute approximate surface area is 93.5 Å². The highest BCUT2D eigenvalue weighted by Gasteiger charge is 2.12. The Hall–Kier alpha value is -1.69. The SMILES string of the molecule is CC[C@H](CO)Nc1ccc([N+](=O)[O-])c(C)n1. The minimum absolute atomic E-state index is 0.00240. The average Bonchev–Trinajstić information content (AvgIpc) is 2.25. The normalized spacial score (nSPS) is 12.2. The van der Waals surface area contributed by atoms with Crippen LogP contribution in [0, 0.1) is 17.0 Å². The van der Waals surface area contributed by atoms with Crippen LogP contribution in [0.2, 0.25) is 0 Å². The van der Waals surface area contributed by atoms with Gasteiger partial charge >= 0.3 is 0 Å². The molecule has 0 unspecified atom stereocenters. The number of aliphatic hydroxyl groups excluding tert-OH is 1. The number of nitro groups is 1. The van der Waals surface area contributed by atoms with Gasteiger partial charge in [-0.05, 0) is 19.4 Å². The summed E-state index contributed by atoms with van der Waals surface area (Å²) in [5.41, 5.74) is 0.366. The lowest BCUT2D eigenvalue weighted by atomic mass is 10.2. The molecule has 0 amide bonds. The Morgan fingerprint density at radius 3 is 2.75 bits per heavy atom. The monoisotopic (exact) mass is 225 g/mol. The molecule has 0 spiro atoms. The summed E-state index contributed by atoms with van der Waals surface area (Å²) in [4.78, 5) is 14.2. The number of aliphatic hydroxyl groups is 1. The van der Waals surface area contributed by atoms with Crippen LogP contribution in [0.5, 0.6) is 0 Å². The molecule has 2 N–H and O–H groups in total. The van der Waals surface area contributed by atoms with Crippen molar-refractivity contribution in [2.24, 2.45) is 0 Å². The molecule has 0 aliphatic heterocycles. The second-order valence-electron chi connectivity index (χ2n) is 3.49. The molecule has 0 bridgehead atoms. The summed E-state index contributed by atoms with van der Waals surface area (Å²) in [6.07, 6.45) is 0.758. The minimum atomic E-state index is -0.463. The standard InChI is InChI=1S/C10H15N3O3/c1-3-8(6-14)12-10-5-4-9(13(15)16)7(2)11-10/h4-5,8,14H,3,6H2,1-2H3,(H,11,12)/t8-/m1/s1. The van der Waals surface area contributed by atoms with Crippen molar-refractivity contribution in [1.29, 1.82) is 0 Å². The molecule has 0 aliphatic rings. The Kier molecular flexibility index (Phi) is 4.19. The van der Waals surface area contributed by atoms with E-state index in [2.05, 4.69) is 10.3 Å². The molecular weight excluding hydrogens is 210 g/mol. The van der Waals surface area contributed by atoms with Gasteiger partial charge in [-0.15, -0.1) is 0 Å². The predicted molar refractivity (Wildman–Crippen MR) is 60.4 cm³/mol. The van der Waals surface area contributed by atoms with Gasteiger partial charge in [0.2, 0.25) is 0 Å². The number of aryl methyl sites for hydroxylation is 1. The van der Waals surface area contributed by atoms with E-state index in [0.29, 0.717) is 11.5 Å². The maximum absolute atomic E-state index is 10.6. The summed E-state index contributed by atoms with van der Waals surface area (Å²) < 4.78 is 0. The molecule has 1 rings (SSSR count). The van der Waals surface area contributed by atoms with E-state index in [1.165, 1.54) is 6.07 Å². The number of hydrogen-bond acceptors (Lipinski definition) is 5. The fourth-order valence-electron chi connectivity index (χ4n) is 1.31. The van der Waals surface area contributed by atoms with Crippen LogP contribution in [0.4, 0.5) is 11.5 Å². The molecule has 0 aromatic carbocycles. The third-order valence-electron chi connectivity index (χ3n) is 2.32. The van der Waals surface area contributed by atoms with Gasteiger partial charge in [0.15, 0.2) is 0 Å². The Morgan fingerprint density at radius 1 is 1.62 bits per heavy atom. The molecule has 16 heavy (non-hydrogen) atoms. The summed E-state index contributed by atoms with van der Waals surface area (Å²) in [7, 11) is 0. The third-order valence-corrected chi connectivity index (χ3v) is 2.32. The first-order valence-electron chi connectivity index (χ1n) is 5.08. The highest BCUT2D eigenvalue weighted by Crippen LogP contribution is 2.18. The first-order chi connectivity index (χ1) is 7.58. The Bertz CT molecular complexity index is 378. The number of hydrogen-bond donors (Lipinski definition) is 2. The van der Waals surface area contributed by atoms with Crippen LogP contribution >= 0.6 is 0 Å². The fourth-order valence-corrected chi connectivity index (χ4v) is 1.31. The topological polar surface area (TPSA) is 88.3 Å². The van der Waals surface area contributed by atoms with Crippen LogP contribution in [0.15, 0.2) is 12.1 Å². The van der Waals surface area contributed by atoms with E-state index >= 15 is 0 Å². The molecule has 0 saturated carbocycles. The smallest absolute Gasteiger partial charge is 0.290 e. The van der Waals surface area contributed by atoms with Crippen LogP contribution in [0.1, 0.15) is 19.0 Å². The number of anilines is 1. The van der Waals surface area contributed by atoms with Gasteiger partial charge in [-0.3, -0.25) is 10.1 Å². The van der Waals surface area contributed by atoms with Crippen molar-refractivity contribution in [2.45, 2.75) is 26.3 Å². The van der Waals surface area contributed by atoms with Gasteiger partial charge in [0.25, 0.3) is 5.69 Å². The lowest BCUT2D eigenvalue weighted by Gasteiger charge is -2.14. The van der Waals surface area contributed by atoms with Crippen LogP contribution in [-0.4, -0.2) is 27.7 Å². The van der Waals surface area contributed by atoms with Crippen molar-refractivity contribution >= 4 is 11.5 Å². The van der Waals surface area contributed by atoms with Gasteiger partial charge in [-0.1, -0.05) is 6.92 Å². The molecule has 0 aliphatic carbocycles. The summed E-state index contributed by atoms with van der Waals surface area (Å²) >= 11 is 0. The van der Waals surface area contributed by atoms with E-state index in [4.69, 9.17) is 5.11 Å². The summed E-state index contributed by atoms with van der Waals surface area (Å²) in [6, 6.07) is 2.88. The average molecular weight is 225 g/mol. The Morgan fingerprint density at radius 2 is 2.31 bits per heavy atom. The molecule has 0 saturated heterocycles. The van der Waals surface area contributed by atoms with Crippen LogP contribution < -0.4 is 5.32 Å². The van der Waals surface area contributed by atoms with Crippen molar-refractivity contribution in [3.05, 3.63) is 27.9 Å². The third kappa shape index (κ3) is 2.90. The van der Waals surface area contributed by atoms with E-state index in [-0.39, 0.29) is 18.3 Å². The summed E-state index contributed by atoms with van der Waals surface area (Å²) in [5.74, 6) is 0.545. The maximum Gasteiger partial charge on any atom is 0.290 e. The van der Waals surface area contributed by atoms with Crippen molar-refractivity contribution in [2.75, 3.05) is 11.9 Å². The van der Waals surface area contributed by atoms with Crippen molar-refractivity contribution in [3.63, 3.8) is 0 Å². The van der Waals surface area contributed by atoms with E-state index in [1.54, 1.807) is 13.0 Å². The van der Waals surface area contributed by atoms with Gasteiger partial charge in [-0.2, -0.15) is 0 Å².